The molecule has 0 atom stereocenters. The Hall–Kier alpha value is -3.65. The number of carbonyl (C=O) groups excluding carboxylic acids is 1. The molecule has 2 aromatic heterocycles. The third kappa shape index (κ3) is 4.59. The monoisotopic (exact) mass is 431 g/mol. The number of aryl methyl sites for hydroxylation is 1. The SMILES string of the molecule is COc1ccccc1-n1c(SCC(=O)Nc2ccccc2C)nnc1-c1ccccn1. The smallest absolute Gasteiger partial charge is 0.234 e. The van der Waals surface area contributed by atoms with Gasteiger partial charge < -0.3 is 10.1 Å². The summed E-state index contributed by atoms with van der Waals surface area (Å²) in [5.41, 5.74) is 3.26. The number of rotatable bonds is 7. The van der Waals surface area contributed by atoms with Crippen LogP contribution in [0.2, 0.25) is 0 Å². The number of nitrogens with one attached hydrogen (secondary N) is 1. The molecule has 2 aromatic carbocycles. The van der Waals surface area contributed by atoms with Crippen molar-refractivity contribution in [1.82, 2.24) is 19.7 Å². The normalized spacial score (nSPS) is 10.6. The molecule has 0 aliphatic heterocycles. The van der Waals surface area contributed by atoms with Crippen molar-refractivity contribution in [2.75, 3.05) is 18.2 Å². The van der Waals surface area contributed by atoms with Gasteiger partial charge in [0, 0.05) is 11.9 Å². The molecule has 31 heavy (non-hydrogen) atoms. The van der Waals surface area contributed by atoms with Crippen molar-refractivity contribution in [3.05, 3.63) is 78.5 Å². The van der Waals surface area contributed by atoms with E-state index in [4.69, 9.17) is 4.74 Å². The van der Waals surface area contributed by atoms with Gasteiger partial charge in [-0.3, -0.25) is 14.3 Å². The first-order chi connectivity index (χ1) is 15.2. The number of carbonyl (C=O) groups is 1. The van der Waals surface area contributed by atoms with Gasteiger partial charge in [0.1, 0.15) is 11.4 Å². The Labute approximate surface area is 184 Å². The van der Waals surface area contributed by atoms with Gasteiger partial charge in [0.2, 0.25) is 5.91 Å². The van der Waals surface area contributed by atoms with Gasteiger partial charge in [-0.25, -0.2) is 0 Å². The van der Waals surface area contributed by atoms with Crippen LogP contribution < -0.4 is 10.1 Å². The van der Waals surface area contributed by atoms with Crippen molar-refractivity contribution in [2.24, 2.45) is 0 Å². The lowest BCUT2D eigenvalue weighted by atomic mass is 10.2. The zero-order chi connectivity index (χ0) is 21.6. The fraction of sp³-hybridized carbons (Fsp3) is 0.130. The van der Waals surface area contributed by atoms with Crippen molar-refractivity contribution in [3.63, 3.8) is 0 Å². The quantitative estimate of drug-likeness (QED) is 0.438. The van der Waals surface area contributed by atoms with Crippen molar-refractivity contribution < 1.29 is 9.53 Å². The molecular formula is C23H21N5O2S. The molecule has 8 heteroatoms. The lowest BCUT2D eigenvalue weighted by Gasteiger charge is -2.13. The van der Waals surface area contributed by atoms with Gasteiger partial charge in [0.05, 0.1) is 18.6 Å². The van der Waals surface area contributed by atoms with Crippen molar-refractivity contribution >= 4 is 23.4 Å². The van der Waals surface area contributed by atoms with Crippen LogP contribution in [0.5, 0.6) is 5.75 Å². The molecule has 0 aliphatic rings. The number of hydrogen-bond acceptors (Lipinski definition) is 6. The summed E-state index contributed by atoms with van der Waals surface area (Å²) >= 11 is 1.30. The molecule has 0 spiro atoms. The molecule has 0 fully saturated rings. The van der Waals surface area contributed by atoms with E-state index in [0.717, 1.165) is 16.9 Å². The molecule has 0 aliphatic carbocycles. The molecule has 1 amide bonds. The maximum Gasteiger partial charge on any atom is 0.234 e. The van der Waals surface area contributed by atoms with E-state index in [2.05, 4.69) is 20.5 Å². The Morgan fingerprint density at radius 3 is 2.58 bits per heavy atom. The second-order valence-electron chi connectivity index (χ2n) is 6.68. The minimum atomic E-state index is -0.117. The van der Waals surface area contributed by atoms with E-state index < -0.39 is 0 Å². The highest BCUT2D eigenvalue weighted by molar-refractivity contribution is 7.99. The topological polar surface area (TPSA) is 81.9 Å². The summed E-state index contributed by atoms with van der Waals surface area (Å²) in [4.78, 5) is 17.0. The molecule has 4 aromatic rings. The highest BCUT2D eigenvalue weighted by Crippen LogP contribution is 2.31. The number of methoxy groups -OCH3 is 1. The van der Waals surface area contributed by atoms with E-state index >= 15 is 0 Å². The Bertz CT molecular complexity index is 1190. The van der Waals surface area contributed by atoms with Crippen LogP contribution in [0.4, 0.5) is 5.69 Å². The Kier molecular flexibility index (Phi) is 6.28. The van der Waals surface area contributed by atoms with Crippen LogP contribution >= 0.6 is 11.8 Å². The summed E-state index contributed by atoms with van der Waals surface area (Å²) in [6, 6.07) is 20.9. The van der Waals surface area contributed by atoms with E-state index in [-0.39, 0.29) is 11.7 Å². The van der Waals surface area contributed by atoms with Crippen LogP contribution in [0.15, 0.2) is 78.1 Å². The Morgan fingerprint density at radius 2 is 1.81 bits per heavy atom. The standard InChI is InChI=1S/C23H21N5O2S/c1-16-9-3-4-10-17(16)25-21(29)15-31-23-27-26-22(18-11-7-8-14-24-18)28(23)19-12-5-6-13-20(19)30-2/h3-14H,15H2,1-2H3,(H,25,29). The maximum absolute atomic E-state index is 12.6. The second kappa shape index (κ2) is 9.44. The lowest BCUT2D eigenvalue weighted by molar-refractivity contribution is -0.113. The largest absolute Gasteiger partial charge is 0.495 e. The van der Waals surface area contributed by atoms with Crippen LogP contribution in [-0.2, 0) is 4.79 Å². The summed E-state index contributed by atoms with van der Waals surface area (Å²) in [5, 5.41) is 12.2. The average molecular weight is 432 g/mol. The molecule has 156 valence electrons. The van der Waals surface area contributed by atoms with Crippen LogP contribution in [0, 0.1) is 6.92 Å². The number of para-hydroxylation sites is 3. The predicted molar refractivity (Wildman–Crippen MR) is 122 cm³/mol. The summed E-state index contributed by atoms with van der Waals surface area (Å²) < 4.78 is 7.42. The van der Waals surface area contributed by atoms with Gasteiger partial charge in [-0.15, -0.1) is 10.2 Å². The van der Waals surface area contributed by atoms with Crippen LogP contribution in [-0.4, -0.2) is 38.5 Å². The fourth-order valence-corrected chi connectivity index (χ4v) is 3.83. The van der Waals surface area contributed by atoms with E-state index in [9.17, 15) is 4.79 Å². The van der Waals surface area contributed by atoms with E-state index in [1.165, 1.54) is 11.8 Å². The van der Waals surface area contributed by atoms with Gasteiger partial charge in [-0.2, -0.15) is 0 Å². The second-order valence-corrected chi connectivity index (χ2v) is 7.62. The van der Waals surface area contributed by atoms with Crippen molar-refractivity contribution in [3.8, 4) is 23.0 Å². The Morgan fingerprint density at radius 1 is 1.03 bits per heavy atom. The first-order valence-electron chi connectivity index (χ1n) is 9.66. The first kappa shape index (κ1) is 20.6. The van der Waals surface area contributed by atoms with Crippen LogP contribution in [0.1, 0.15) is 5.56 Å². The van der Waals surface area contributed by atoms with Crippen LogP contribution in [0.25, 0.3) is 17.2 Å². The lowest BCUT2D eigenvalue weighted by Crippen LogP contribution is -2.15. The summed E-state index contributed by atoms with van der Waals surface area (Å²) in [6.45, 7) is 1.96. The van der Waals surface area contributed by atoms with Gasteiger partial charge >= 0.3 is 0 Å². The highest BCUT2D eigenvalue weighted by atomic mass is 32.2. The highest BCUT2D eigenvalue weighted by Gasteiger charge is 2.20. The van der Waals surface area contributed by atoms with Crippen molar-refractivity contribution in [1.29, 1.82) is 0 Å². The van der Waals surface area contributed by atoms with E-state index in [1.807, 2.05) is 78.2 Å². The average Bonchev–Trinajstić information content (AvgIpc) is 3.23. The number of anilines is 1. The van der Waals surface area contributed by atoms with Gasteiger partial charge in [0.15, 0.2) is 11.0 Å². The van der Waals surface area contributed by atoms with Gasteiger partial charge in [-0.1, -0.05) is 48.2 Å². The predicted octanol–water partition coefficient (Wildman–Crippen LogP) is 4.38. The minimum absolute atomic E-state index is 0.117. The van der Waals surface area contributed by atoms with Gasteiger partial charge in [-0.05, 0) is 42.8 Å². The maximum atomic E-state index is 12.6. The Balaban J connectivity index is 1.64. The zero-order valence-corrected chi connectivity index (χ0v) is 18.0. The molecule has 7 nitrogen and oxygen atoms in total. The molecule has 2 heterocycles. The molecular weight excluding hydrogens is 410 g/mol. The van der Waals surface area contributed by atoms with Crippen molar-refractivity contribution in [2.45, 2.75) is 12.1 Å². The molecule has 0 radical (unpaired) electrons. The third-order valence-corrected chi connectivity index (χ3v) is 5.53. The molecule has 0 unspecified atom stereocenters. The minimum Gasteiger partial charge on any atom is -0.495 e. The molecule has 4 rings (SSSR count). The van der Waals surface area contributed by atoms with E-state index in [1.54, 1.807) is 13.3 Å². The number of amides is 1. The third-order valence-electron chi connectivity index (χ3n) is 4.60. The number of hydrogen-bond donors (Lipinski definition) is 1. The number of pyridine rings is 1. The molecule has 1 N–H and O–H groups in total. The summed E-state index contributed by atoms with van der Waals surface area (Å²) in [7, 11) is 1.62. The zero-order valence-electron chi connectivity index (χ0n) is 17.1. The molecule has 0 saturated carbocycles. The van der Waals surface area contributed by atoms with E-state index in [0.29, 0.717) is 22.4 Å². The number of nitrogens with zero attached hydrogens (tertiary/aromatic N) is 4. The number of ether oxygens (including phenoxy) is 1. The summed E-state index contributed by atoms with van der Waals surface area (Å²) in [6.07, 6.45) is 1.71. The molecule has 0 saturated heterocycles. The number of benzene rings is 2. The number of thioether (sulfide) groups is 1. The number of aromatic nitrogens is 4. The van der Waals surface area contributed by atoms with Crippen LogP contribution in [0.3, 0.4) is 0 Å². The molecule has 0 bridgehead atoms. The first-order valence-corrected chi connectivity index (χ1v) is 10.6. The van der Waals surface area contributed by atoms with Gasteiger partial charge in [0.25, 0.3) is 0 Å². The fourth-order valence-electron chi connectivity index (χ4n) is 3.09. The summed E-state index contributed by atoms with van der Waals surface area (Å²) in [5.74, 6) is 1.31.